The molecule has 4 heterocycles. The second-order valence-corrected chi connectivity index (χ2v) is 11.0. The van der Waals surface area contributed by atoms with Crippen LogP contribution in [0.15, 0.2) is 47.4 Å². The van der Waals surface area contributed by atoms with Crippen molar-refractivity contribution >= 4 is 31.8 Å². The average molecular weight is 462 g/mol. The number of nitriles is 1. The van der Waals surface area contributed by atoms with E-state index in [-0.39, 0.29) is 10.8 Å². The molecule has 1 fully saturated rings. The summed E-state index contributed by atoms with van der Waals surface area (Å²) in [6.45, 7) is 2.36. The van der Waals surface area contributed by atoms with Gasteiger partial charge in [-0.1, -0.05) is 24.3 Å². The molecule has 9 heteroatoms. The summed E-state index contributed by atoms with van der Waals surface area (Å²) in [7, 11) is -2.96. The molecule has 3 aromatic heterocycles. The van der Waals surface area contributed by atoms with E-state index in [0.717, 1.165) is 41.7 Å². The SMILES string of the molecule is CS(=O)(=O)C1CCN(Cc2ccc(-c3cc4c(ncc5[nH]c(=O)c(C#N)cc54)[nH]3)cc2)CC1. The Balaban J connectivity index is 1.37. The van der Waals surface area contributed by atoms with E-state index in [2.05, 4.69) is 32.0 Å². The third-order valence-electron chi connectivity index (χ3n) is 6.41. The molecule has 1 aromatic carbocycles. The summed E-state index contributed by atoms with van der Waals surface area (Å²) >= 11 is 0. The molecule has 0 radical (unpaired) electrons. The van der Waals surface area contributed by atoms with Gasteiger partial charge < -0.3 is 9.97 Å². The number of likely N-dealkylation sites (tertiary alicyclic amines) is 1. The molecule has 2 N–H and O–H groups in total. The van der Waals surface area contributed by atoms with Crippen molar-refractivity contribution in [3.63, 3.8) is 0 Å². The Bertz CT molecular complexity index is 1550. The Morgan fingerprint density at radius 2 is 1.85 bits per heavy atom. The summed E-state index contributed by atoms with van der Waals surface area (Å²) in [4.78, 5) is 24.7. The van der Waals surface area contributed by atoms with E-state index in [9.17, 15) is 18.5 Å². The quantitative estimate of drug-likeness (QED) is 0.482. The van der Waals surface area contributed by atoms with E-state index >= 15 is 0 Å². The zero-order valence-corrected chi connectivity index (χ0v) is 18.9. The topological polar surface area (TPSA) is 123 Å². The summed E-state index contributed by atoms with van der Waals surface area (Å²) in [5.74, 6) is 0. The Morgan fingerprint density at radius 1 is 1.12 bits per heavy atom. The molecule has 0 amide bonds. The standard InChI is InChI=1S/C24H23N5O3S/c1-33(31,32)18-6-8-29(9-7-18)14-15-2-4-16(5-3-15)21-11-20-19-10-17(12-25)24(30)28-22(19)13-26-23(20)27-21/h2-5,10-11,13,18H,6-9,14H2,1H3,(H,26,27)(H,28,30). The molecule has 0 spiro atoms. The summed E-state index contributed by atoms with van der Waals surface area (Å²) in [6.07, 6.45) is 4.30. The minimum atomic E-state index is -2.96. The Hall–Kier alpha value is -3.48. The smallest absolute Gasteiger partial charge is 0.266 e. The number of aromatic amines is 2. The van der Waals surface area contributed by atoms with Crippen molar-refractivity contribution in [2.24, 2.45) is 0 Å². The molecule has 4 aromatic rings. The van der Waals surface area contributed by atoms with E-state index in [1.165, 1.54) is 11.8 Å². The van der Waals surface area contributed by atoms with Crippen molar-refractivity contribution < 1.29 is 8.42 Å². The van der Waals surface area contributed by atoms with Crippen molar-refractivity contribution in [2.45, 2.75) is 24.6 Å². The lowest BCUT2D eigenvalue weighted by Gasteiger charge is -2.31. The third kappa shape index (κ3) is 4.15. The van der Waals surface area contributed by atoms with Gasteiger partial charge in [0.1, 0.15) is 27.1 Å². The van der Waals surface area contributed by atoms with Gasteiger partial charge >= 0.3 is 0 Å². The molecule has 1 aliphatic rings. The molecule has 1 saturated heterocycles. The molecule has 168 valence electrons. The van der Waals surface area contributed by atoms with Gasteiger partial charge in [0.25, 0.3) is 5.56 Å². The average Bonchev–Trinajstić information content (AvgIpc) is 3.23. The summed E-state index contributed by atoms with van der Waals surface area (Å²) in [5, 5.41) is 10.6. The maximum atomic E-state index is 11.9. The molecule has 0 bridgehead atoms. The fourth-order valence-corrected chi connectivity index (χ4v) is 5.60. The Labute approximate surface area is 190 Å². The van der Waals surface area contributed by atoms with E-state index in [4.69, 9.17) is 0 Å². The van der Waals surface area contributed by atoms with Crippen LogP contribution in [-0.2, 0) is 16.4 Å². The monoisotopic (exact) mass is 461 g/mol. The number of H-pyrrole nitrogens is 2. The van der Waals surface area contributed by atoms with E-state index in [0.29, 0.717) is 24.0 Å². The van der Waals surface area contributed by atoms with Crippen LogP contribution < -0.4 is 5.56 Å². The first-order valence-corrected chi connectivity index (χ1v) is 12.7. The van der Waals surface area contributed by atoms with E-state index in [1.54, 1.807) is 12.3 Å². The van der Waals surface area contributed by atoms with Gasteiger partial charge in [-0.3, -0.25) is 9.69 Å². The van der Waals surface area contributed by atoms with Crippen LogP contribution in [-0.4, -0.2) is 52.9 Å². The second kappa shape index (κ2) is 8.14. The lowest BCUT2D eigenvalue weighted by molar-refractivity contribution is 0.222. The number of fused-ring (bicyclic) bond motifs is 3. The van der Waals surface area contributed by atoms with Gasteiger partial charge in [0.2, 0.25) is 0 Å². The van der Waals surface area contributed by atoms with Crippen LogP contribution in [0, 0.1) is 11.3 Å². The lowest BCUT2D eigenvalue weighted by Crippen LogP contribution is -2.38. The van der Waals surface area contributed by atoms with Crippen molar-refractivity contribution in [2.75, 3.05) is 19.3 Å². The van der Waals surface area contributed by atoms with Crippen molar-refractivity contribution in [3.8, 4) is 17.3 Å². The van der Waals surface area contributed by atoms with Crippen molar-refractivity contribution in [3.05, 3.63) is 64.1 Å². The summed E-state index contributed by atoms with van der Waals surface area (Å²) in [5.41, 5.74) is 4.01. The first kappa shape index (κ1) is 21.4. The van der Waals surface area contributed by atoms with Gasteiger partial charge in [0.15, 0.2) is 0 Å². The zero-order chi connectivity index (χ0) is 23.2. The number of hydrogen-bond acceptors (Lipinski definition) is 6. The van der Waals surface area contributed by atoms with E-state index < -0.39 is 15.4 Å². The fraction of sp³-hybridized carbons (Fsp3) is 0.292. The molecule has 0 saturated carbocycles. The van der Waals surface area contributed by atoms with Crippen LogP contribution in [0.25, 0.3) is 33.2 Å². The number of sulfone groups is 1. The predicted octanol–water partition coefficient (Wildman–Crippen LogP) is 2.95. The van der Waals surface area contributed by atoms with Crippen molar-refractivity contribution in [1.29, 1.82) is 5.26 Å². The molecule has 5 rings (SSSR count). The number of hydrogen-bond donors (Lipinski definition) is 2. The molecular weight excluding hydrogens is 438 g/mol. The van der Waals surface area contributed by atoms with Gasteiger partial charge in [0.05, 0.1) is 17.0 Å². The number of aromatic nitrogens is 3. The van der Waals surface area contributed by atoms with Crippen LogP contribution >= 0.6 is 0 Å². The highest BCUT2D eigenvalue weighted by atomic mass is 32.2. The maximum absolute atomic E-state index is 11.9. The first-order chi connectivity index (χ1) is 15.8. The Morgan fingerprint density at radius 3 is 2.52 bits per heavy atom. The highest BCUT2D eigenvalue weighted by molar-refractivity contribution is 7.91. The van der Waals surface area contributed by atoms with Crippen LogP contribution in [0.5, 0.6) is 0 Å². The molecule has 8 nitrogen and oxygen atoms in total. The van der Waals surface area contributed by atoms with Crippen LogP contribution in [0.3, 0.4) is 0 Å². The van der Waals surface area contributed by atoms with Crippen molar-refractivity contribution in [1.82, 2.24) is 19.9 Å². The van der Waals surface area contributed by atoms with Crippen LogP contribution in [0.2, 0.25) is 0 Å². The summed E-state index contributed by atoms with van der Waals surface area (Å²) in [6, 6.07) is 13.8. The van der Waals surface area contributed by atoms with Gasteiger partial charge in [-0.05, 0) is 49.2 Å². The summed E-state index contributed by atoms with van der Waals surface area (Å²) < 4.78 is 23.5. The number of rotatable bonds is 4. The van der Waals surface area contributed by atoms with Gasteiger partial charge in [-0.15, -0.1) is 0 Å². The molecule has 0 aliphatic carbocycles. The number of nitrogens with zero attached hydrogens (tertiary/aromatic N) is 3. The maximum Gasteiger partial charge on any atom is 0.266 e. The van der Waals surface area contributed by atoms with Crippen LogP contribution in [0.4, 0.5) is 0 Å². The van der Waals surface area contributed by atoms with Gasteiger partial charge in [-0.25, -0.2) is 13.4 Å². The molecular formula is C24H23N5O3S. The molecule has 0 unspecified atom stereocenters. The number of piperidine rings is 1. The number of nitrogens with one attached hydrogen (secondary N) is 2. The minimum absolute atomic E-state index is 0.0719. The fourth-order valence-electron chi connectivity index (χ4n) is 4.53. The lowest BCUT2D eigenvalue weighted by atomic mass is 10.1. The molecule has 1 aliphatic heterocycles. The number of pyridine rings is 2. The van der Waals surface area contributed by atoms with Crippen LogP contribution in [0.1, 0.15) is 24.0 Å². The van der Waals surface area contributed by atoms with E-state index in [1.807, 2.05) is 24.3 Å². The zero-order valence-electron chi connectivity index (χ0n) is 18.1. The first-order valence-electron chi connectivity index (χ1n) is 10.8. The normalized spacial score (nSPS) is 15.8. The third-order valence-corrected chi connectivity index (χ3v) is 8.10. The molecule has 0 atom stereocenters. The number of benzene rings is 1. The highest BCUT2D eigenvalue weighted by Crippen LogP contribution is 2.28. The van der Waals surface area contributed by atoms with Gasteiger partial charge in [0, 0.05) is 29.3 Å². The second-order valence-electron chi connectivity index (χ2n) is 8.66. The molecule has 33 heavy (non-hydrogen) atoms. The Kier molecular flexibility index (Phi) is 5.27. The highest BCUT2D eigenvalue weighted by Gasteiger charge is 2.26. The predicted molar refractivity (Wildman–Crippen MR) is 128 cm³/mol. The minimum Gasteiger partial charge on any atom is -0.339 e. The van der Waals surface area contributed by atoms with Gasteiger partial charge in [-0.2, -0.15) is 5.26 Å². The largest absolute Gasteiger partial charge is 0.339 e.